The SMILES string of the molecule is COC(=O)Cn1c(=NC(=O)c2cc(=O)c3ccccc3o2)sc2cc(S(C)(=O)=O)ccc21. The Morgan fingerprint density at radius 1 is 1.16 bits per heavy atom. The normalized spacial score (nSPS) is 12.4. The standard InChI is InChI=1S/C21H16N2O7S2/c1-29-19(25)11-23-14-8-7-12(32(2,27)28)9-18(14)31-21(23)22-20(26)17-10-15(24)13-5-3-4-6-16(13)30-17/h3-10H,11H2,1-2H3. The Labute approximate surface area is 185 Å². The minimum Gasteiger partial charge on any atom is -0.468 e. The van der Waals surface area contributed by atoms with E-state index in [4.69, 9.17) is 9.15 Å². The van der Waals surface area contributed by atoms with Crippen LogP contribution in [0.3, 0.4) is 0 Å². The Morgan fingerprint density at radius 3 is 2.62 bits per heavy atom. The maximum atomic E-state index is 12.8. The molecule has 4 aromatic rings. The molecule has 0 aliphatic heterocycles. The minimum atomic E-state index is -3.46. The van der Waals surface area contributed by atoms with Crippen LogP contribution in [0.2, 0.25) is 0 Å². The Morgan fingerprint density at radius 2 is 1.91 bits per heavy atom. The average molecular weight is 473 g/mol. The average Bonchev–Trinajstić information content (AvgIpc) is 3.09. The van der Waals surface area contributed by atoms with Gasteiger partial charge in [-0.25, -0.2) is 8.42 Å². The fraction of sp³-hybridized carbons (Fsp3) is 0.143. The molecule has 0 saturated carbocycles. The van der Waals surface area contributed by atoms with Crippen LogP contribution < -0.4 is 10.2 Å². The molecule has 0 unspecified atom stereocenters. The number of nitrogens with zero attached hydrogens (tertiary/aromatic N) is 2. The fourth-order valence-corrected chi connectivity index (χ4v) is 4.86. The van der Waals surface area contributed by atoms with Crippen molar-refractivity contribution in [1.82, 2.24) is 4.57 Å². The van der Waals surface area contributed by atoms with E-state index in [1.807, 2.05) is 0 Å². The lowest BCUT2D eigenvalue weighted by Crippen LogP contribution is -2.22. The van der Waals surface area contributed by atoms with Crippen LogP contribution in [0.4, 0.5) is 0 Å². The number of sulfone groups is 1. The fourth-order valence-electron chi connectivity index (χ4n) is 3.07. The third-order valence-corrected chi connectivity index (χ3v) is 6.79. The molecule has 0 spiro atoms. The van der Waals surface area contributed by atoms with Crippen LogP contribution in [-0.2, 0) is 25.9 Å². The number of amides is 1. The second-order valence-electron chi connectivity index (χ2n) is 6.84. The second-order valence-corrected chi connectivity index (χ2v) is 9.86. The highest BCUT2D eigenvalue weighted by Crippen LogP contribution is 2.22. The van der Waals surface area contributed by atoms with E-state index >= 15 is 0 Å². The van der Waals surface area contributed by atoms with Gasteiger partial charge in [-0.1, -0.05) is 23.5 Å². The van der Waals surface area contributed by atoms with E-state index in [9.17, 15) is 22.8 Å². The van der Waals surface area contributed by atoms with Crippen LogP contribution in [0.5, 0.6) is 0 Å². The second kappa shape index (κ2) is 8.17. The number of benzene rings is 2. The van der Waals surface area contributed by atoms with E-state index in [0.29, 0.717) is 15.6 Å². The summed E-state index contributed by atoms with van der Waals surface area (Å²) >= 11 is 1.02. The lowest BCUT2D eigenvalue weighted by molar-refractivity contribution is -0.141. The quantitative estimate of drug-likeness (QED) is 0.417. The highest BCUT2D eigenvalue weighted by molar-refractivity contribution is 7.90. The first-order valence-corrected chi connectivity index (χ1v) is 11.9. The zero-order chi connectivity index (χ0) is 23.0. The van der Waals surface area contributed by atoms with Crippen molar-refractivity contribution >= 4 is 54.2 Å². The Bertz CT molecular complexity index is 1630. The van der Waals surface area contributed by atoms with E-state index in [0.717, 1.165) is 23.7 Å². The summed E-state index contributed by atoms with van der Waals surface area (Å²) < 4.78 is 36.0. The monoisotopic (exact) mass is 472 g/mol. The van der Waals surface area contributed by atoms with Gasteiger partial charge in [0.15, 0.2) is 25.8 Å². The van der Waals surface area contributed by atoms with Crippen LogP contribution in [-0.4, -0.2) is 38.2 Å². The van der Waals surface area contributed by atoms with Crippen molar-refractivity contribution < 1.29 is 27.2 Å². The van der Waals surface area contributed by atoms with Crippen LogP contribution in [0.25, 0.3) is 21.2 Å². The zero-order valence-corrected chi connectivity index (χ0v) is 18.5. The van der Waals surface area contributed by atoms with Gasteiger partial charge in [-0.05, 0) is 30.3 Å². The highest BCUT2D eigenvalue weighted by atomic mass is 32.2. The van der Waals surface area contributed by atoms with Gasteiger partial charge in [0.2, 0.25) is 0 Å². The van der Waals surface area contributed by atoms with E-state index in [2.05, 4.69) is 4.99 Å². The molecular weight excluding hydrogens is 456 g/mol. The lowest BCUT2D eigenvalue weighted by atomic mass is 10.2. The number of ether oxygens (including phenoxy) is 1. The molecule has 2 aromatic carbocycles. The molecule has 0 radical (unpaired) electrons. The molecule has 2 heterocycles. The molecule has 2 aromatic heterocycles. The summed E-state index contributed by atoms with van der Waals surface area (Å²) in [5, 5.41) is 0.333. The van der Waals surface area contributed by atoms with Crippen molar-refractivity contribution in [2.75, 3.05) is 13.4 Å². The smallest absolute Gasteiger partial charge is 0.325 e. The predicted molar refractivity (Wildman–Crippen MR) is 117 cm³/mol. The molecule has 0 fully saturated rings. The van der Waals surface area contributed by atoms with E-state index in [1.165, 1.54) is 29.9 Å². The number of esters is 1. The van der Waals surface area contributed by atoms with Gasteiger partial charge in [-0.3, -0.25) is 14.4 Å². The maximum Gasteiger partial charge on any atom is 0.325 e. The van der Waals surface area contributed by atoms with Crippen molar-refractivity contribution in [3.8, 4) is 0 Å². The Hall–Kier alpha value is -3.57. The molecule has 0 aliphatic carbocycles. The highest BCUT2D eigenvalue weighted by Gasteiger charge is 2.17. The van der Waals surface area contributed by atoms with E-state index < -0.39 is 21.7 Å². The van der Waals surface area contributed by atoms with Crippen LogP contribution in [0.1, 0.15) is 10.6 Å². The van der Waals surface area contributed by atoms with Gasteiger partial charge in [-0.15, -0.1) is 0 Å². The number of hydrogen-bond donors (Lipinski definition) is 0. The molecule has 0 aliphatic rings. The summed E-state index contributed by atoms with van der Waals surface area (Å²) in [6.45, 7) is -0.248. The van der Waals surface area contributed by atoms with Gasteiger partial charge in [0, 0.05) is 12.3 Å². The van der Waals surface area contributed by atoms with Crippen LogP contribution in [0.15, 0.2) is 67.6 Å². The number of carbonyl (C=O) groups excluding carboxylic acids is 2. The van der Waals surface area contributed by atoms with Crippen molar-refractivity contribution in [2.24, 2.45) is 4.99 Å². The van der Waals surface area contributed by atoms with Gasteiger partial charge in [0.25, 0.3) is 0 Å². The third kappa shape index (κ3) is 4.12. The Balaban J connectivity index is 1.90. The first-order chi connectivity index (χ1) is 15.2. The van der Waals surface area contributed by atoms with Crippen molar-refractivity contribution in [2.45, 2.75) is 11.4 Å². The first-order valence-electron chi connectivity index (χ1n) is 9.19. The number of para-hydroxylation sites is 1. The molecule has 11 heteroatoms. The number of fused-ring (bicyclic) bond motifs is 2. The van der Waals surface area contributed by atoms with Crippen LogP contribution >= 0.6 is 11.3 Å². The summed E-state index contributed by atoms with van der Waals surface area (Å²) in [5.74, 6) is -1.66. The van der Waals surface area contributed by atoms with Crippen molar-refractivity contribution in [3.05, 3.63) is 69.3 Å². The number of hydrogen-bond acceptors (Lipinski definition) is 8. The molecule has 32 heavy (non-hydrogen) atoms. The summed E-state index contributed by atoms with van der Waals surface area (Å²) in [7, 11) is -2.23. The zero-order valence-electron chi connectivity index (χ0n) is 16.9. The maximum absolute atomic E-state index is 12.8. The van der Waals surface area contributed by atoms with Gasteiger partial charge < -0.3 is 13.7 Å². The molecule has 164 valence electrons. The predicted octanol–water partition coefficient (Wildman–Crippen LogP) is 2.13. The minimum absolute atomic E-state index is 0.0925. The third-order valence-electron chi connectivity index (χ3n) is 4.64. The Kier molecular flexibility index (Phi) is 5.53. The molecular formula is C21H16N2O7S2. The number of thiazole rings is 1. The van der Waals surface area contributed by atoms with Crippen molar-refractivity contribution in [3.63, 3.8) is 0 Å². The molecule has 9 nitrogen and oxygen atoms in total. The largest absolute Gasteiger partial charge is 0.468 e. The molecule has 0 N–H and O–H groups in total. The van der Waals surface area contributed by atoms with Gasteiger partial charge in [0.1, 0.15) is 12.1 Å². The van der Waals surface area contributed by atoms with Gasteiger partial charge in [-0.2, -0.15) is 4.99 Å². The van der Waals surface area contributed by atoms with Gasteiger partial charge in [0.05, 0.1) is 27.6 Å². The van der Waals surface area contributed by atoms with Crippen molar-refractivity contribution in [1.29, 1.82) is 0 Å². The molecule has 0 bridgehead atoms. The topological polar surface area (TPSA) is 125 Å². The summed E-state index contributed by atoms with van der Waals surface area (Å²) in [6.07, 6.45) is 1.08. The molecule has 0 saturated heterocycles. The number of rotatable bonds is 4. The van der Waals surface area contributed by atoms with E-state index in [-0.39, 0.29) is 33.0 Å². The number of carbonyl (C=O) groups is 2. The molecule has 4 rings (SSSR count). The summed E-state index contributed by atoms with van der Waals surface area (Å²) in [4.78, 5) is 41.3. The number of methoxy groups -OCH3 is 1. The molecule has 1 amide bonds. The van der Waals surface area contributed by atoms with Gasteiger partial charge >= 0.3 is 11.9 Å². The summed E-state index contributed by atoms with van der Waals surface area (Å²) in [6, 6.07) is 12.0. The first kappa shape index (κ1) is 21.7. The summed E-state index contributed by atoms with van der Waals surface area (Å²) in [5.41, 5.74) is 0.358. The van der Waals surface area contributed by atoms with Crippen LogP contribution in [0, 0.1) is 0 Å². The number of aromatic nitrogens is 1. The lowest BCUT2D eigenvalue weighted by Gasteiger charge is -2.04. The van der Waals surface area contributed by atoms with E-state index in [1.54, 1.807) is 24.3 Å². The molecule has 0 atom stereocenters.